The number of carbonyl (C=O) groups is 1. The van der Waals surface area contributed by atoms with Crippen molar-refractivity contribution in [2.24, 2.45) is 5.92 Å². The van der Waals surface area contributed by atoms with Gasteiger partial charge in [0, 0.05) is 25.4 Å². The van der Waals surface area contributed by atoms with Crippen molar-refractivity contribution in [1.29, 1.82) is 0 Å². The average Bonchev–Trinajstić information content (AvgIpc) is 2.17. The van der Waals surface area contributed by atoms with E-state index in [1.807, 2.05) is 0 Å². The fourth-order valence-electron chi connectivity index (χ4n) is 2.57. The van der Waals surface area contributed by atoms with Gasteiger partial charge in [0.05, 0.1) is 5.75 Å². The third kappa shape index (κ3) is 1.95. The summed E-state index contributed by atoms with van der Waals surface area (Å²) in [4.78, 5) is 11.4. The fraction of sp³-hybridized carbons (Fsp3) is 0.900. The molecule has 1 saturated heterocycles. The first-order chi connectivity index (χ1) is 7.04. The van der Waals surface area contributed by atoms with E-state index in [0.717, 1.165) is 12.8 Å². The molecule has 1 aliphatic carbocycles. The summed E-state index contributed by atoms with van der Waals surface area (Å²) in [5.74, 6) is 0.846. The summed E-state index contributed by atoms with van der Waals surface area (Å²) in [7, 11) is -3.01. The molecule has 2 atom stereocenters. The van der Waals surface area contributed by atoms with Gasteiger partial charge < -0.3 is 0 Å². The molecule has 0 N–H and O–H groups in total. The number of ketones is 1. The first kappa shape index (κ1) is 11.1. The molecule has 4 nitrogen and oxygen atoms in total. The minimum Gasteiger partial charge on any atom is -0.300 e. The van der Waals surface area contributed by atoms with Gasteiger partial charge in [0.1, 0.15) is 5.78 Å². The summed E-state index contributed by atoms with van der Waals surface area (Å²) in [6.07, 6.45) is 2.87. The van der Waals surface area contributed by atoms with Crippen LogP contribution in [0.2, 0.25) is 0 Å². The van der Waals surface area contributed by atoms with Gasteiger partial charge in [0.15, 0.2) is 0 Å². The number of rotatable bonds is 2. The molecule has 2 unspecified atom stereocenters. The Bertz CT molecular complexity index is 363. The Morgan fingerprint density at radius 2 is 2.20 bits per heavy atom. The average molecular weight is 231 g/mol. The molecule has 0 aromatic carbocycles. The van der Waals surface area contributed by atoms with E-state index in [9.17, 15) is 13.2 Å². The molecule has 15 heavy (non-hydrogen) atoms. The first-order valence-corrected chi connectivity index (χ1v) is 7.16. The number of nitrogens with zero attached hydrogens (tertiary/aromatic N) is 1. The summed E-state index contributed by atoms with van der Waals surface area (Å²) in [5.41, 5.74) is 0. The molecular weight excluding hydrogens is 214 g/mol. The molecule has 2 fully saturated rings. The smallest absolute Gasteiger partial charge is 0.215 e. The molecule has 0 amide bonds. The topological polar surface area (TPSA) is 54.5 Å². The molecular formula is C10H17NO3S. The van der Waals surface area contributed by atoms with Gasteiger partial charge in [0.2, 0.25) is 10.0 Å². The second-order valence-corrected chi connectivity index (χ2v) is 6.48. The van der Waals surface area contributed by atoms with Gasteiger partial charge in [-0.2, -0.15) is 4.31 Å². The van der Waals surface area contributed by atoms with Crippen LogP contribution in [0, 0.1) is 5.92 Å². The van der Waals surface area contributed by atoms with Gasteiger partial charge in [-0.15, -0.1) is 0 Å². The van der Waals surface area contributed by atoms with E-state index in [4.69, 9.17) is 0 Å². The van der Waals surface area contributed by atoms with Crippen molar-refractivity contribution < 1.29 is 13.2 Å². The second-order valence-electron chi connectivity index (χ2n) is 4.44. The van der Waals surface area contributed by atoms with Crippen molar-refractivity contribution in [3.05, 3.63) is 0 Å². The monoisotopic (exact) mass is 231 g/mol. The van der Waals surface area contributed by atoms with Crippen molar-refractivity contribution in [3.63, 3.8) is 0 Å². The normalized spacial score (nSPS) is 36.2. The summed E-state index contributed by atoms with van der Waals surface area (Å²) in [6, 6.07) is -0.0463. The van der Waals surface area contributed by atoms with Crippen LogP contribution in [0.15, 0.2) is 0 Å². The summed E-state index contributed by atoms with van der Waals surface area (Å²) in [5, 5.41) is 0. The van der Waals surface area contributed by atoms with Gasteiger partial charge in [-0.05, 0) is 12.3 Å². The number of hydrogen-bond acceptors (Lipinski definition) is 3. The molecule has 0 aromatic heterocycles. The van der Waals surface area contributed by atoms with Crippen LogP contribution >= 0.6 is 0 Å². The van der Waals surface area contributed by atoms with Gasteiger partial charge in [-0.25, -0.2) is 8.42 Å². The maximum atomic E-state index is 11.5. The Morgan fingerprint density at radius 1 is 1.47 bits per heavy atom. The number of sulfonamides is 1. The molecule has 0 aromatic rings. The van der Waals surface area contributed by atoms with Gasteiger partial charge in [0.25, 0.3) is 0 Å². The Labute approximate surface area is 90.7 Å². The Kier molecular flexibility index (Phi) is 2.85. The Balaban J connectivity index is 2.14. The highest BCUT2D eigenvalue weighted by atomic mass is 32.2. The zero-order valence-electron chi connectivity index (χ0n) is 8.98. The maximum Gasteiger partial charge on any atom is 0.215 e. The third-order valence-corrected chi connectivity index (χ3v) is 5.46. The van der Waals surface area contributed by atoms with Gasteiger partial charge in [-0.1, -0.05) is 13.3 Å². The predicted molar refractivity (Wildman–Crippen MR) is 56.9 cm³/mol. The van der Waals surface area contributed by atoms with Crippen molar-refractivity contribution in [2.75, 3.05) is 12.3 Å². The van der Waals surface area contributed by atoms with Crippen LogP contribution in [-0.2, 0) is 14.8 Å². The molecule has 1 aliphatic heterocycles. The molecule has 0 spiro atoms. The minimum absolute atomic E-state index is 0.0463. The van der Waals surface area contributed by atoms with Crippen LogP contribution in [0.25, 0.3) is 0 Å². The van der Waals surface area contributed by atoms with E-state index >= 15 is 0 Å². The van der Waals surface area contributed by atoms with Gasteiger partial charge >= 0.3 is 0 Å². The lowest BCUT2D eigenvalue weighted by Gasteiger charge is -2.42. The van der Waals surface area contributed by atoms with Crippen LogP contribution < -0.4 is 0 Å². The minimum atomic E-state index is -3.01. The lowest BCUT2D eigenvalue weighted by molar-refractivity contribution is -0.122. The maximum absolute atomic E-state index is 11.5. The Hall–Kier alpha value is -0.420. The highest BCUT2D eigenvalue weighted by molar-refractivity contribution is 7.90. The highest BCUT2D eigenvalue weighted by Gasteiger charge is 2.43. The van der Waals surface area contributed by atoms with E-state index in [0.29, 0.717) is 25.3 Å². The third-order valence-electron chi connectivity index (χ3n) is 3.60. The summed E-state index contributed by atoms with van der Waals surface area (Å²) in [6.45, 7) is 2.68. The molecule has 5 heteroatoms. The summed E-state index contributed by atoms with van der Waals surface area (Å²) >= 11 is 0. The van der Waals surface area contributed by atoms with E-state index in [1.54, 1.807) is 0 Å². The molecule has 0 bridgehead atoms. The molecule has 1 saturated carbocycles. The largest absolute Gasteiger partial charge is 0.300 e. The van der Waals surface area contributed by atoms with Crippen LogP contribution in [0.5, 0.6) is 0 Å². The van der Waals surface area contributed by atoms with Crippen LogP contribution in [0.1, 0.15) is 32.6 Å². The number of hydrogen-bond donors (Lipinski definition) is 0. The lowest BCUT2D eigenvalue weighted by Crippen LogP contribution is -2.57. The van der Waals surface area contributed by atoms with Crippen molar-refractivity contribution in [1.82, 2.24) is 4.31 Å². The second kappa shape index (κ2) is 3.87. The first-order valence-electron chi connectivity index (χ1n) is 5.56. The van der Waals surface area contributed by atoms with Crippen LogP contribution in [0.4, 0.5) is 0 Å². The number of Topliss-reactive ketones (excluding diaryl/α,β-unsaturated/α-hetero) is 1. The predicted octanol–water partition coefficient (Wildman–Crippen LogP) is 0.780. The lowest BCUT2D eigenvalue weighted by atomic mass is 9.82. The zero-order valence-corrected chi connectivity index (χ0v) is 9.79. The molecule has 0 radical (unpaired) electrons. The Morgan fingerprint density at radius 3 is 2.67 bits per heavy atom. The van der Waals surface area contributed by atoms with Crippen LogP contribution in [-0.4, -0.2) is 36.8 Å². The van der Waals surface area contributed by atoms with Gasteiger partial charge in [-0.3, -0.25) is 4.79 Å². The summed E-state index contributed by atoms with van der Waals surface area (Å²) < 4.78 is 24.5. The molecule has 2 rings (SSSR count). The quantitative estimate of drug-likeness (QED) is 0.705. The highest BCUT2D eigenvalue weighted by Crippen LogP contribution is 2.33. The SMILES string of the molecule is CCC1CCC(=O)CC1N1CCS1(=O)=O. The molecule has 2 aliphatic rings. The zero-order chi connectivity index (χ0) is 11.1. The van der Waals surface area contributed by atoms with Crippen molar-refractivity contribution >= 4 is 15.8 Å². The van der Waals surface area contributed by atoms with Crippen molar-refractivity contribution in [2.45, 2.75) is 38.6 Å². The van der Waals surface area contributed by atoms with E-state index in [2.05, 4.69) is 6.92 Å². The fourth-order valence-corrected chi connectivity index (χ4v) is 3.92. The molecule has 1 heterocycles. The number of carbonyl (C=O) groups excluding carboxylic acids is 1. The van der Waals surface area contributed by atoms with Crippen molar-refractivity contribution in [3.8, 4) is 0 Å². The van der Waals surface area contributed by atoms with E-state index in [-0.39, 0.29) is 17.6 Å². The molecule has 86 valence electrons. The van der Waals surface area contributed by atoms with E-state index < -0.39 is 10.0 Å². The van der Waals surface area contributed by atoms with E-state index in [1.165, 1.54) is 4.31 Å². The standard InChI is InChI=1S/C10H17NO3S/c1-2-8-3-4-9(12)7-10(8)11-5-6-15(11,13)14/h8,10H,2-7H2,1H3. The van der Waals surface area contributed by atoms with Crippen LogP contribution in [0.3, 0.4) is 0 Å².